The third-order valence-corrected chi connectivity index (χ3v) is 6.55. The molecule has 5 atom stereocenters. The second kappa shape index (κ2) is 8.83. The molecule has 2 fully saturated rings. The van der Waals surface area contributed by atoms with Gasteiger partial charge in [-0.2, -0.15) is 0 Å². The summed E-state index contributed by atoms with van der Waals surface area (Å²) >= 11 is 0. The number of methoxy groups -OCH3 is 1. The van der Waals surface area contributed by atoms with E-state index in [-0.39, 0.29) is 29.9 Å². The Morgan fingerprint density at radius 3 is 2.71 bits per heavy atom. The van der Waals surface area contributed by atoms with Gasteiger partial charge in [-0.15, -0.1) is 0 Å². The minimum absolute atomic E-state index is 0.0300. The zero-order chi connectivity index (χ0) is 22.1. The molecule has 1 aromatic carbocycles. The fourth-order valence-electron chi connectivity index (χ4n) is 4.80. The Morgan fingerprint density at radius 2 is 2.03 bits per heavy atom. The first-order valence-electron chi connectivity index (χ1n) is 11.0. The van der Waals surface area contributed by atoms with Crippen LogP contribution < -0.4 is 5.32 Å². The second-order valence-corrected chi connectivity index (χ2v) is 8.91. The van der Waals surface area contributed by atoms with Crippen LogP contribution in [-0.2, 0) is 14.3 Å². The van der Waals surface area contributed by atoms with Crippen LogP contribution in [0.4, 0.5) is 0 Å². The Kier molecular flexibility index (Phi) is 6.14. The van der Waals surface area contributed by atoms with Crippen molar-refractivity contribution in [1.29, 1.82) is 0 Å². The highest BCUT2D eigenvalue weighted by molar-refractivity contribution is 5.89. The van der Waals surface area contributed by atoms with Crippen LogP contribution in [0.5, 0.6) is 0 Å². The molecule has 0 spiro atoms. The second-order valence-electron chi connectivity index (χ2n) is 8.91. The van der Waals surface area contributed by atoms with Gasteiger partial charge in [0.1, 0.15) is 17.6 Å². The zero-order valence-electron chi connectivity index (χ0n) is 18.3. The van der Waals surface area contributed by atoms with Crippen LogP contribution in [0.25, 0.3) is 11.5 Å². The number of ether oxygens (including phenoxy) is 1. The molecule has 7 heteroatoms. The summed E-state index contributed by atoms with van der Waals surface area (Å²) in [5, 5.41) is 12.1. The molecule has 0 radical (unpaired) electrons. The van der Waals surface area contributed by atoms with Gasteiger partial charge < -0.3 is 19.6 Å². The summed E-state index contributed by atoms with van der Waals surface area (Å²) in [6.45, 7) is 3.95. The van der Waals surface area contributed by atoms with E-state index in [9.17, 15) is 9.59 Å². The average molecular weight is 427 g/mol. The Labute approximate surface area is 182 Å². The van der Waals surface area contributed by atoms with E-state index in [4.69, 9.17) is 19.2 Å². The van der Waals surface area contributed by atoms with Gasteiger partial charge in [0.25, 0.3) is 0 Å². The van der Waals surface area contributed by atoms with Crippen molar-refractivity contribution in [2.24, 2.45) is 17.8 Å². The smallest absolute Gasteiger partial charge is 0.307 e. The molecule has 1 aromatic heterocycles. The molecule has 2 saturated carbocycles. The van der Waals surface area contributed by atoms with E-state index in [1.54, 1.807) is 7.11 Å². The number of carboxylic acids is 1. The minimum atomic E-state index is -0.882. The normalized spacial score (nSPS) is 26.3. The predicted octanol–water partition coefficient (Wildman–Crippen LogP) is 4.04. The van der Waals surface area contributed by atoms with Gasteiger partial charge in [-0.3, -0.25) is 9.59 Å². The van der Waals surface area contributed by atoms with E-state index in [1.807, 2.05) is 38.1 Å². The lowest BCUT2D eigenvalue weighted by atomic mass is 9.81. The number of hydrogen-bond donors (Lipinski definition) is 2. The minimum Gasteiger partial charge on any atom is -0.481 e. The maximum Gasteiger partial charge on any atom is 0.307 e. The Bertz CT molecular complexity index is 969. The lowest BCUT2D eigenvalue weighted by Gasteiger charge is -2.33. The monoisotopic (exact) mass is 426 g/mol. The van der Waals surface area contributed by atoms with E-state index in [2.05, 4.69) is 5.32 Å². The molecule has 1 amide bonds. The van der Waals surface area contributed by atoms with Gasteiger partial charge in [0.05, 0.1) is 11.8 Å². The van der Waals surface area contributed by atoms with Gasteiger partial charge in [0.15, 0.2) is 0 Å². The van der Waals surface area contributed by atoms with Crippen molar-refractivity contribution in [3.05, 3.63) is 41.3 Å². The molecule has 0 saturated heterocycles. The summed E-state index contributed by atoms with van der Waals surface area (Å²) < 4.78 is 11.9. The Morgan fingerprint density at radius 1 is 1.23 bits per heavy atom. The number of nitrogens with zero attached hydrogens (tertiary/aromatic N) is 1. The lowest BCUT2D eigenvalue weighted by molar-refractivity contribution is -0.140. The number of amides is 1. The quantitative estimate of drug-likeness (QED) is 0.693. The summed E-state index contributed by atoms with van der Waals surface area (Å²) in [6.07, 6.45) is 3.87. The summed E-state index contributed by atoms with van der Waals surface area (Å²) in [7, 11) is 1.69. The van der Waals surface area contributed by atoms with Crippen LogP contribution in [0.2, 0.25) is 0 Å². The van der Waals surface area contributed by atoms with Crippen LogP contribution in [-0.4, -0.2) is 35.1 Å². The van der Waals surface area contributed by atoms with Crippen LogP contribution in [0, 0.1) is 31.6 Å². The predicted molar refractivity (Wildman–Crippen MR) is 114 cm³/mol. The maximum absolute atomic E-state index is 12.4. The van der Waals surface area contributed by atoms with E-state index in [0.717, 1.165) is 48.3 Å². The van der Waals surface area contributed by atoms with Crippen LogP contribution >= 0.6 is 0 Å². The highest BCUT2D eigenvalue weighted by Crippen LogP contribution is 2.41. The molecule has 166 valence electrons. The molecular formula is C24H30N2O5. The van der Waals surface area contributed by atoms with Crippen molar-refractivity contribution < 1.29 is 23.8 Å². The average Bonchev–Trinajstić information content (AvgIpc) is 3.47. The van der Waals surface area contributed by atoms with Crippen molar-refractivity contribution in [3.63, 3.8) is 0 Å². The molecule has 31 heavy (non-hydrogen) atoms. The number of nitrogens with one attached hydrogen (secondary N) is 1. The molecule has 1 heterocycles. The number of benzene rings is 1. The molecule has 2 aliphatic carbocycles. The third kappa shape index (κ3) is 4.66. The van der Waals surface area contributed by atoms with Gasteiger partial charge in [-0.05, 0) is 57.6 Å². The van der Waals surface area contributed by atoms with Gasteiger partial charge in [-0.1, -0.05) is 24.1 Å². The summed E-state index contributed by atoms with van der Waals surface area (Å²) in [6, 6.07) is 8.08. The molecule has 7 nitrogen and oxygen atoms in total. The van der Waals surface area contributed by atoms with Crippen molar-refractivity contribution in [2.45, 2.75) is 58.1 Å². The summed E-state index contributed by atoms with van der Waals surface area (Å²) in [5.74, 6) is -0.384. The Hall–Kier alpha value is -2.67. The number of aliphatic carboxylic acids is 1. The van der Waals surface area contributed by atoms with E-state index >= 15 is 0 Å². The van der Waals surface area contributed by atoms with Crippen molar-refractivity contribution in [1.82, 2.24) is 10.3 Å². The van der Waals surface area contributed by atoms with Crippen LogP contribution in [0.15, 0.2) is 28.7 Å². The first-order chi connectivity index (χ1) is 14.9. The van der Waals surface area contributed by atoms with E-state index in [0.29, 0.717) is 12.3 Å². The van der Waals surface area contributed by atoms with Gasteiger partial charge >= 0.3 is 5.97 Å². The van der Waals surface area contributed by atoms with Crippen molar-refractivity contribution in [2.75, 3.05) is 7.11 Å². The third-order valence-electron chi connectivity index (χ3n) is 6.55. The van der Waals surface area contributed by atoms with Gasteiger partial charge in [0, 0.05) is 18.7 Å². The Balaban J connectivity index is 1.45. The fourth-order valence-corrected chi connectivity index (χ4v) is 4.80. The van der Waals surface area contributed by atoms with Gasteiger partial charge in [0.2, 0.25) is 11.8 Å². The number of carbonyl (C=O) groups excluding carboxylic acids is 1. The number of rotatable bonds is 7. The largest absolute Gasteiger partial charge is 0.481 e. The molecule has 0 aliphatic heterocycles. The highest BCUT2D eigenvalue weighted by Gasteiger charge is 2.48. The molecule has 2 N–H and O–H groups in total. The standard InChI is InChI=1S/C24H30N2O5/c1-13-6-4-8-16(10-13)23-26-20(14(2)31-23)21(30-3)15-7-5-9-17(11-15)25-22(27)18-12-19(18)24(28)29/h4,6,8,10,15,17-19,21H,5,7,9,11-12H2,1-3H3,(H,25,27)(H,28,29). The summed E-state index contributed by atoms with van der Waals surface area (Å²) in [4.78, 5) is 28.2. The number of hydrogen-bond acceptors (Lipinski definition) is 5. The van der Waals surface area contributed by atoms with E-state index < -0.39 is 11.9 Å². The fraction of sp³-hybridized carbons (Fsp3) is 0.542. The van der Waals surface area contributed by atoms with Gasteiger partial charge in [-0.25, -0.2) is 4.98 Å². The zero-order valence-corrected chi connectivity index (χ0v) is 18.3. The molecule has 4 rings (SSSR count). The molecule has 5 unspecified atom stereocenters. The number of aromatic nitrogens is 1. The number of carboxylic acid groups (broad SMARTS) is 1. The van der Waals surface area contributed by atoms with Crippen molar-refractivity contribution in [3.8, 4) is 11.5 Å². The molecule has 2 aliphatic rings. The molecule has 2 aromatic rings. The topological polar surface area (TPSA) is 102 Å². The maximum atomic E-state index is 12.4. The summed E-state index contributed by atoms with van der Waals surface area (Å²) in [5.41, 5.74) is 2.89. The molecular weight excluding hydrogens is 396 g/mol. The van der Waals surface area contributed by atoms with Crippen LogP contribution in [0.1, 0.15) is 55.2 Å². The highest BCUT2D eigenvalue weighted by atomic mass is 16.5. The lowest BCUT2D eigenvalue weighted by Crippen LogP contribution is -2.41. The number of aryl methyl sites for hydroxylation is 2. The SMILES string of the molecule is COC(c1nc(-c2cccc(C)c2)oc1C)C1CCCC(NC(=O)C2CC2C(=O)O)C1. The number of oxazole rings is 1. The van der Waals surface area contributed by atoms with E-state index in [1.165, 1.54) is 0 Å². The molecule has 0 bridgehead atoms. The first kappa shape index (κ1) is 21.6. The van der Waals surface area contributed by atoms with Crippen molar-refractivity contribution >= 4 is 11.9 Å². The van der Waals surface area contributed by atoms with Crippen LogP contribution in [0.3, 0.4) is 0 Å². The number of carbonyl (C=O) groups is 2. The first-order valence-corrected chi connectivity index (χ1v) is 11.0.